The van der Waals surface area contributed by atoms with Crippen LogP contribution >= 0.6 is 24.2 Å². The molecule has 2 rings (SSSR count). The second kappa shape index (κ2) is 4.07. The van der Waals surface area contributed by atoms with Crippen molar-refractivity contribution in [2.75, 3.05) is 0 Å². The highest BCUT2D eigenvalue weighted by Crippen LogP contribution is 2.28. The summed E-state index contributed by atoms with van der Waals surface area (Å²) in [6, 6.07) is 15.8. The van der Waals surface area contributed by atoms with Crippen LogP contribution in [0.1, 0.15) is 0 Å². The van der Waals surface area contributed by atoms with Crippen LogP contribution in [0.5, 0.6) is 0 Å². The van der Waals surface area contributed by atoms with Gasteiger partial charge in [0.1, 0.15) is 0 Å². The Hall–Kier alpha value is -0.920. The highest BCUT2D eigenvalue weighted by atomic mass is 35.5. The summed E-state index contributed by atoms with van der Waals surface area (Å²) in [7, 11) is 0. The Morgan fingerprint density at radius 1 is 0.929 bits per heavy atom. The number of hydrogen-bond acceptors (Lipinski definition) is 1. The second-order valence-corrected chi connectivity index (χ2v) is 3.95. The fourth-order valence-corrected chi connectivity index (χ4v) is 1.80. The maximum absolute atomic E-state index is 5.93. The van der Waals surface area contributed by atoms with E-state index in [0.29, 0.717) is 0 Å². The van der Waals surface area contributed by atoms with Gasteiger partial charge in [-0.3, -0.25) is 0 Å². The van der Waals surface area contributed by atoms with Crippen molar-refractivity contribution >= 4 is 24.2 Å². The molecule has 14 heavy (non-hydrogen) atoms. The highest BCUT2D eigenvalue weighted by molar-refractivity contribution is 7.80. The first-order valence-electron chi connectivity index (χ1n) is 4.31. The molecular formula is C12H9ClS. The molecule has 0 aliphatic carbocycles. The maximum Gasteiger partial charge on any atom is 0.0412 e. The van der Waals surface area contributed by atoms with Gasteiger partial charge in [0, 0.05) is 9.92 Å². The van der Waals surface area contributed by atoms with E-state index in [-0.39, 0.29) is 0 Å². The molecule has 70 valence electrons. The topological polar surface area (TPSA) is 0 Å². The lowest BCUT2D eigenvalue weighted by atomic mass is 10.1. The molecule has 0 saturated carbocycles. The molecule has 0 N–H and O–H groups in total. The second-order valence-electron chi connectivity index (χ2n) is 3.03. The smallest absolute Gasteiger partial charge is 0.0412 e. The van der Waals surface area contributed by atoms with Gasteiger partial charge in [-0.25, -0.2) is 0 Å². The van der Waals surface area contributed by atoms with Crippen molar-refractivity contribution in [3.05, 3.63) is 53.6 Å². The van der Waals surface area contributed by atoms with Crippen molar-refractivity contribution in [3.8, 4) is 11.1 Å². The first-order valence-corrected chi connectivity index (χ1v) is 5.14. The molecule has 0 fully saturated rings. The Kier molecular flexibility index (Phi) is 2.80. The quantitative estimate of drug-likeness (QED) is 0.681. The van der Waals surface area contributed by atoms with E-state index in [0.717, 1.165) is 21.0 Å². The Morgan fingerprint density at radius 3 is 2.36 bits per heavy atom. The Bertz CT molecular complexity index is 437. The van der Waals surface area contributed by atoms with E-state index >= 15 is 0 Å². The van der Waals surface area contributed by atoms with Crippen LogP contribution in [0.4, 0.5) is 0 Å². The number of halogens is 1. The molecule has 0 amide bonds. The zero-order valence-electron chi connectivity index (χ0n) is 7.44. The van der Waals surface area contributed by atoms with Crippen LogP contribution in [-0.4, -0.2) is 0 Å². The summed E-state index contributed by atoms with van der Waals surface area (Å²) in [6.07, 6.45) is 0. The molecule has 0 spiro atoms. The fourth-order valence-electron chi connectivity index (χ4n) is 1.36. The van der Waals surface area contributed by atoms with E-state index in [1.54, 1.807) is 0 Å². The fraction of sp³-hybridized carbons (Fsp3) is 0. The molecule has 2 heteroatoms. The van der Waals surface area contributed by atoms with Crippen LogP contribution < -0.4 is 0 Å². The van der Waals surface area contributed by atoms with E-state index in [1.165, 1.54) is 0 Å². The lowest BCUT2D eigenvalue weighted by Gasteiger charge is -2.05. The van der Waals surface area contributed by atoms with Gasteiger partial charge in [0.05, 0.1) is 0 Å². The van der Waals surface area contributed by atoms with Crippen molar-refractivity contribution in [2.45, 2.75) is 4.90 Å². The van der Waals surface area contributed by atoms with Crippen LogP contribution in [0.15, 0.2) is 53.4 Å². The van der Waals surface area contributed by atoms with Crippen molar-refractivity contribution < 1.29 is 0 Å². The predicted molar refractivity (Wildman–Crippen MR) is 64.1 cm³/mol. The predicted octanol–water partition coefficient (Wildman–Crippen LogP) is 4.30. The molecule has 0 aromatic heterocycles. The minimum absolute atomic E-state index is 0.738. The van der Waals surface area contributed by atoms with Crippen LogP contribution in [0.3, 0.4) is 0 Å². The van der Waals surface area contributed by atoms with Crippen LogP contribution in [-0.2, 0) is 0 Å². The first kappa shape index (κ1) is 9.63. The zero-order valence-corrected chi connectivity index (χ0v) is 9.09. The average Bonchev–Trinajstić information content (AvgIpc) is 2.23. The summed E-state index contributed by atoms with van der Waals surface area (Å²) in [5.74, 6) is 0. The summed E-state index contributed by atoms with van der Waals surface area (Å²) in [4.78, 5) is 0.945. The van der Waals surface area contributed by atoms with Gasteiger partial charge in [-0.1, -0.05) is 41.9 Å². The monoisotopic (exact) mass is 220 g/mol. The molecule has 0 unspecified atom stereocenters. The molecule has 0 aliphatic rings. The van der Waals surface area contributed by atoms with Gasteiger partial charge in [0.15, 0.2) is 0 Å². The molecule has 0 heterocycles. The molecule has 0 atom stereocenters. The molecular weight excluding hydrogens is 212 g/mol. The van der Waals surface area contributed by atoms with Crippen molar-refractivity contribution in [1.29, 1.82) is 0 Å². The van der Waals surface area contributed by atoms with E-state index in [4.69, 9.17) is 11.6 Å². The van der Waals surface area contributed by atoms with E-state index in [2.05, 4.69) is 12.6 Å². The van der Waals surface area contributed by atoms with Gasteiger partial charge in [-0.05, 0) is 29.3 Å². The van der Waals surface area contributed by atoms with Gasteiger partial charge in [0.2, 0.25) is 0 Å². The summed E-state index contributed by atoms with van der Waals surface area (Å²) in [5.41, 5.74) is 2.21. The lowest BCUT2D eigenvalue weighted by Crippen LogP contribution is -1.79. The Morgan fingerprint density at radius 2 is 1.64 bits per heavy atom. The third-order valence-corrected chi connectivity index (χ3v) is 2.67. The summed E-state index contributed by atoms with van der Waals surface area (Å²) < 4.78 is 0. The average molecular weight is 221 g/mol. The van der Waals surface area contributed by atoms with E-state index < -0.39 is 0 Å². The van der Waals surface area contributed by atoms with Gasteiger partial charge in [-0.15, -0.1) is 12.6 Å². The molecule has 0 aliphatic heterocycles. The number of thiol groups is 1. The van der Waals surface area contributed by atoms with Crippen molar-refractivity contribution in [1.82, 2.24) is 0 Å². The SMILES string of the molecule is Sc1ccc(Cl)cc1-c1ccccc1. The summed E-state index contributed by atoms with van der Waals surface area (Å²) in [5, 5.41) is 0.738. The highest BCUT2D eigenvalue weighted by Gasteiger charge is 2.01. The summed E-state index contributed by atoms with van der Waals surface area (Å²) in [6.45, 7) is 0. The Balaban J connectivity index is 2.57. The molecule has 0 radical (unpaired) electrons. The Labute approximate surface area is 93.9 Å². The van der Waals surface area contributed by atoms with Gasteiger partial charge >= 0.3 is 0 Å². The summed E-state index contributed by atoms with van der Waals surface area (Å²) >= 11 is 10.3. The van der Waals surface area contributed by atoms with Crippen molar-refractivity contribution in [2.24, 2.45) is 0 Å². The van der Waals surface area contributed by atoms with Crippen LogP contribution in [0.2, 0.25) is 5.02 Å². The number of benzene rings is 2. The number of rotatable bonds is 1. The van der Waals surface area contributed by atoms with E-state index in [1.807, 2.05) is 48.5 Å². The third kappa shape index (κ3) is 1.94. The van der Waals surface area contributed by atoms with Gasteiger partial charge in [0.25, 0.3) is 0 Å². The molecule has 0 bridgehead atoms. The molecule has 2 aromatic rings. The minimum Gasteiger partial charge on any atom is -0.143 e. The largest absolute Gasteiger partial charge is 0.143 e. The third-order valence-electron chi connectivity index (χ3n) is 2.04. The maximum atomic E-state index is 5.93. The normalized spacial score (nSPS) is 10.1. The molecule has 0 nitrogen and oxygen atoms in total. The van der Waals surface area contributed by atoms with Gasteiger partial charge in [-0.2, -0.15) is 0 Å². The lowest BCUT2D eigenvalue weighted by molar-refractivity contribution is 1.46. The van der Waals surface area contributed by atoms with Gasteiger partial charge < -0.3 is 0 Å². The molecule has 0 saturated heterocycles. The number of hydrogen-bond donors (Lipinski definition) is 1. The van der Waals surface area contributed by atoms with Crippen molar-refractivity contribution in [3.63, 3.8) is 0 Å². The van der Waals surface area contributed by atoms with Crippen LogP contribution in [0, 0.1) is 0 Å². The molecule has 2 aromatic carbocycles. The van der Waals surface area contributed by atoms with E-state index in [9.17, 15) is 0 Å². The van der Waals surface area contributed by atoms with Crippen LogP contribution in [0.25, 0.3) is 11.1 Å². The standard InChI is InChI=1S/C12H9ClS/c13-10-6-7-12(14)11(8-10)9-4-2-1-3-5-9/h1-8,14H. The zero-order chi connectivity index (χ0) is 9.97. The minimum atomic E-state index is 0.738. The first-order chi connectivity index (χ1) is 6.77.